The van der Waals surface area contributed by atoms with E-state index in [1.807, 2.05) is 0 Å². The van der Waals surface area contributed by atoms with E-state index in [4.69, 9.17) is 23.2 Å². The number of benzene rings is 2. The van der Waals surface area contributed by atoms with Crippen LogP contribution in [0.25, 0.3) is 0 Å². The minimum atomic E-state index is -0.450. The lowest BCUT2D eigenvalue weighted by Gasteiger charge is -2.05. The first kappa shape index (κ1) is 15.3. The van der Waals surface area contributed by atoms with Crippen LogP contribution in [0.15, 0.2) is 47.6 Å². The molecule has 0 spiro atoms. The van der Waals surface area contributed by atoms with Crippen LogP contribution in [0.1, 0.15) is 11.1 Å². The predicted octanol–water partition coefficient (Wildman–Crippen LogP) is 4.03. The molecular formula is C14H11Cl2N3O2. The van der Waals surface area contributed by atoms with Crippen molar-refractivity contribution in [3.8, 4) is 0 Å². The quantitative estimate of drug-likeness (QED) is 0.513. The lowest BCUT2D eigenvalue weighted by molar-refractivity contribution is -0.384. The fraction of sp³-hybridized carbons (Fsp3) is 0.0714. The van der Waals surface area contributed by atoms with Gasteiger partial charge in [-0.1, -0.05) is 41.4 Å². The molecule has 0 heterocycles. The molecule has 5 nitrogen and oxygen atoms in total. The van der Waals surface area contributed by atoms with Crippen LogP contribution in [0.5, 0.6) is 0 Å². The summed E-state index contributed by atoms with van der Waals surface area (Å²) in [6.07, 6.45) is 1.50. The first-order valence-electron chi connectivity index (χ1n) is 6.01. The third kappa shape index (κ3) is 4.18. The number of hydrazone groups is 1. The monoisotopic (exact) mass is 323 g/mol. The number of nitro groups is 1. The van der Waals surface area contributed by atoms with Crippen LogP contribution < -0.4 is 5.43 Å². The van der Waals surface area contributed by atoms with E-state index in [9.17, 15) is 10.1 Å². The Morgan fingerprint density at radius 2 is 1.86 bits per heavy atom. The Kier molecular flexibility index (Phi) is 5.14. The van der Waals surface area contributed by atoms with Crippen LogP contribution >= 0.6 is 23.2 Å². The molecule has 0 saturated heterocycles. The molecule has 2 rings (SSSR count). The zero-order chi connectivity index (χ0) is 15.2. The van der Waals surface area contributed by atoms with Crippen LogP contribution in [0.4, 0.5) is 5.69 Å². The Morgan fingerprint density at radius 1 is 1.19 bits per heavy atom. The van der Waals surface area contributed by atoms with Gasteiger partial charge in [-0.3, -0.25) is 10.1 Å². The summed E-state index contributed by atoms with van der Waals surface area (Å²) < 4.78 is 0. The van der Waals surface area contributed by atoms with Gasteiger partial charge in [-0.15, -0.1) is 0 Å². The molecule has 2 aromatic rings. The third-order valence-corrected chi connectivity index (χ3v) is 3.41. The number of rotatable bonds is 5. The van der Waals surface area contributed by atoms with Crippen LogP contribution in [-0.2, 0) is 6.54 Å². The number of nitrogens with one attached hydrogen (secondary N) is 1. The van der Waals surface area contributed by atoms with E-state index in [0.29, 0.717) is 22.2 Å². The van der Waals surface area contributed by atoms with Gasteiger partial charge in [0.25, 0.3) is 5.69 Å². The molecule has 0 fully saturated rings. The molecule has 2 aromatic carbocycles. The summed E-state index contributed by atoms with van der Waals surface area (Å²) in [5.41, 5.74) is 4.21. The van der Waals surface area contributed by atoms with E-state index < -0.39 is 4.92 Å². The highest BCUT2D eigenvalue weighted by Crippen LogP contribution is 2.23. The SMILES string of the molecule is O=[N+]([O-])c1cccc(/C=N/NCc2c(Cl)cccc2Cl)c1. The smallest absolute Gasteiger partial charge is 0.270 e. The third-order valence-electron chi connectivity index (χ3n) is 2.70. The molecule has 0 unspecified atom stereocenters. The number of non-ortho nitro benzene ring substituents is 1. The molecule has 7 heteroatoms. The molecule has 0 amide bonds. The fourth-order valence-corrected chi connectivity index (χ4v) is 2.20. The number of halogens is 2. The molecule has 0 aliphatic carbocycles. The van der Waals surface area contributed by atoms with Gasteiger partial charge in [0, 0.05) is 33.3 Å². The van der Waals surface area contributed by atoms with Gasteiger partial charge >= 0.3 is 0 Å². The van der Waals surface area contributed by atoms with Crippen molar-refractivity contribution < 1.29 is 4.92 Å². The van der Waals surface area contributed by atoms with E-state index in [1.54, 1.807) is 30.3 Å². The molecular weight excluding hydrogens is 313 g/mol. The fourth-order valence-electron chi connectivity index (χ4n) is 1.66. The van der Waals surface area contributed by atoms with Gasteiger partial charge in [-0.25, -0.2) is 0 Å². The van der Waals surface area contributed by atoms with Gasteiger partial charge in [0.2, 0.25) is 0 Å². The Hall–Kier alpha value is -2.11. The zero-order valence-corrected chi connectivity index (χ0v) is 12.3. The first-order chi connectivity index (χ1) is 10.1. The van der Waals surface area contributed by atoms with Gasteiger partial charge in [0.15, 0.2) is 0 Å². The molecule has 0 bridgehead atoms. The van der Waals surface area contributed by atoms with Crippen molar-refractivity contribution in [3.63, 3.8) is 0 Å². The van der Waals surface area contributed by atoms with Crippen LogP contribution in [0, 0.1) is 10.1 Å². The van der Waals surface area contributed by atoms with E-state index >= 15 is 0 Å². The maximum absolute atomic E-state index is 10.7. The second-order valence-electron chi connectivity index (χ2n) is 4.15. The summed E-state index contributed by atoms with van der Waals surface area (Å²) in [4.78, 5) is 10.2. The maximum atomic E-state index is 10.7. The molecule has 1 N–H and O–H groups in total. The van der Waals surface area contributed by atoms with Gasteiger partial charge in [0.05, 0.1) is 17.7 Å². The van der Waals surface area contributed by atoms with Crippen molar-refractivity contribution in [2.75, 3.05) is 0 Å². The summed E-state index contributed by atoms with van der Waals surface area (Å²) in [7, 11) is 0. The predicted molar refractivity (Wildman–Crippen MR) is 84.0 cm³/mol. The van der Waals surface area contributed by atoms with Gasteiger partial charge in [-0.2, -0.15) is 5.10 Å². The van der Waals surface area contributed by atoms with E-state index in [2.05, 4.69) is 10.5 Å². The van der Waals surface area contributed by atoms with Gasteiger partial charge in [-0.05, 0) is 12.1 Å². The first-order valence-corrected chi connectivity index (χ1v) is 6.77. The lowest BCUT2D eigenvalue weighted by Crippen LogP contribution is -2.06. The second kappa shape index (κ2) is 7.06. The molecule has 0 aliphatic heterocycles. The van der Waals surface area contributed by atoms with Crippen molar-refractivity contribution in [3.05, 3.63) is 73.8 Å². The molecule has 108 valence electrons. The molecule has 0 aliphatic rings. The largest absolute Gasteiger partial charge is 0.306 e. The van der Waals surface area contributed by atoms with E-state index in [0.717, 1.165) is 5.56 Å². The minimum Gasteiger partial charge on any atom is -0.306 e. The normalized spacial score (nSPS) is 10.8. The zero-order valence-electron chi connectivity index (χ0n) is 10.8. The molecule has 0 aromatic heterocycles. The second-order valence-corrected chi connectivity index (χ2v) is 4.96. The van der Waals surface area contributed by atoms with Crippen molar-refractivity contribution in [2.24, 2.45) is 5.10 Å². The van der Waals surface area contributed by atoms with Crippen molar-refractivity contribution >= 4 is 35.1 Å². The highest BCUT2D eigenvalue weighted by molar-refractivity contribution is 6.35. The number of nitro benzene ring substituents is 1. The van der Waals surface area contributed by atoms with Crippen molar-refractivity contribution in [2.45, 2.75) is 6.54 Å². The average molecular weight is 324 g/mol. The highest BCUT2D eigenvalue weighted by atomic mass is 35.5. The minimum absolute atomic E-state index is 0.0214. The molecule has 0 radical (unpaired) electrons. The van der Waals surface area contributed by atoms with E-state index in [1.165, 1.54) is 18.3 Å². The summed E-state index contributed by atoms with van der Waals surface area (Å²) in [5, 5.41) is 15.8. The van der Waals surface area contributed by atoms with Gasteiger partial charge < -0.3 is 5.43 Å². The Balaban J connectivity index is 2.00. The molecule has 0 saturated carbocycles. The number of hydrogen-bond acceptors (Lipinski definition) is 4. The van der Waals surface area contributed by atoms with Crippen LogP contribution in [-0.4, -0.2) is 11.1 Å². The highest BCUT2D eigenvalue weighted by Gasteiger charge is 2.05. The Bertz CT molecular complexity index is 669. The number of nitrogens with zero attached hydrogens (tertiary/aromatic N) is 2. The molecule has 21 heavy (non-hydrogen) atoms. The summed E-state index contributed by atoms with van der Waals surface area (Å²) in [6, 6.07) is 11.4. The number of hydrogen-bond donors (Lipinski definition) is 1. The molecule has 0 atom stereocenters. The van der Waals surface area contributed by atoms with Crippen LogP contribution in [0.3, 0.4) is 0 Å². The summed E-state index contributed by atoms with van der Waals surface area (Å²) in [5.74, 6) is 0. The van der Waals surface area contributed by atoms with E-state index in [-0.39, 0.29) is 5.69 Å². The standard InChI is InChI=1S/C14H11Cl2N3O2/c15-13-5-2-6-14(16)12(13)9-18-17-8-10-3-1-4-11(7-10)19(20)21/h1-8,18H,9H2/b17-8+. The summed E-state index contributed by atoms with van der Waals surface area (Å²) >= 11 is 12.1. The van der Waals surface area contributed by atoms with Gasteiger partial charge in [0.1, 0.15) is 0 Å². The van der Waals surface area contributed by atoms with Crippen LogP contribution in [0.2, 0.25) is 10.0 Å². The van der Waals surface area contributed by atoms with Crippen molar-refractivity contribution in [1.82, 2.24) is 5.43 Å². The Morgan fingerprint density at radius 3 is 2.52 bits per heavy atom. The Labute approximate surface area is 131 Å². The summed E-state index contributed by atoms with van der Waals surface area (Å²) in [6.45, 7) is 0.365. The van der Waals surface area contributed by atoms with Crippen molar-refractivity contribution in [1.29, 1.82) is 0 Å². The maximum Gasteiger partial charge on any atom is 0.270 e. The average Bonchev–Trinajstić information content (AvgIpc) is 2.46. The topological polar surface area (TPSA) is 67.5 Å². The lowest BCUT2D eigenvalue weighted by atomic mass is 10.2.